The topological polar surface area (TPSA) is 245 Å². The van der Waals surface area contributed by atoms with Crippen molar-refractivity contribution in [1.82, 2.24) is 31.9 Å². The maximum absolute atomic E-state index is 13.9. The van der Waals surface area contributed by atoms with Gasteiger partial charge >= 0.3 is 7.12 Å². The van der Waals surface area contributed by atoms with Crippen LogP contribution in [0.2, 0.25) is 0 Å². The molecule has 10 N–H and O–H groups in total. The van der Waals surface area contributed by atoms with Crippen LogP contribution < -0.4 is 43.4 Å². The number of nitrogens with one attached hydrogen (secondary N) is 6. The highest BCUT2D eigenvalue weighted by Gasteiger charge is 2.68. The Bertz CT molecular complexity index is 2000. The number of benzene rings is 2. The molecule has 9 atom stereocenters. The maximum Gasteiger partial charge on any atom is 0.481 e. The van der Waals surface area contributed by atoms with Crippen molar-refractivity contribution < 1.29 is 38.1 Å². The first kappa shape index (κ1) is 53.1. The summed E-state index contributed by atoms with van der Waals surface area (Å²) in [5.74, 6) is -2.46. The Morgan fingerprint density at radius 1 is 0.701 bits per heavy atom. The molecule has 0 aromatic heterocycles. The molecule has 17 heteroatoms. The van der Waals surface area contributed by atoms with Crippen LogP contribution in [-0.4, -0.2) is 104 Å². The van der Waals surface area contributed by atoms with Crippen molar-refractivity contribution in [2.45, 2.75) is 167 Å². The second-order valence-electron chi connectivity index (χ2n) is 19.7. The lowest BCUT2D eigenvalue weighted by Crippen LogP contribution is -2.65. The van der Waals surface area contributed by atoms with E-state index in [0.29, 0.717) is 62.6 Å². The van der Waals surface area contributed by atoms with E-state index in [1.807, 2.05) is 19.1 Å². The van der Waals surface area contributed by atoms with Gasteiger partial charge in [0.05, 0.1) is 17.6 Å². The van der Waals surface area contributed by atoms with Crippen LogP contribution >= 0.6 is 0 Å². The van der Waals surface area contributed by atoms with Gasteiger partial charge < -0.3 is 52.7 Å². The van der Waals surface area contributed by atoms with E-state index in [2.05, 4.69) is 83.9 Å². The second kappa shape index (κ2) is 24.4. The molecule has 2 bridgehead atoms. The Hall–Kier alpha value is -4.84. The molecular weight excluding hydrogens is 851 g/mol. The smallest absolute Gasteiger partial charge is 0.404 e. The quantitative estimate of drug-likeness (QED) is 0.0501. The minimum absolute atomic E-state index is 0.0528. The van der Waals surface area contributed by atoms with Gasteiger partial charge in [-0.1, -0.05) is 63.6 Å². The SMILES string of the molecule is CCCCc1ccc(-c2ccc(C(=O)NCCCC[C@H](NC(=O)[C@H](CCN)NC(C)=O)C(=O)N[C@@H](C)C(=O)N[C@@H](CCCCN)C(=O)N[C@@H](C)B3OC4C[C@@H]5C[C@@H](C5(C)C)[C@]4(C)O3)cc2)cc1. The van der Waals surface area contributed by atoms with E-state index in [1.165, 1.54) is 19.4 Å². The van der Waals surface area contributed by atoms with Gasteiger partial charge in [0.1, 0.15) is 24.2 Å². The van der Waals surface area contributed by atoms with Gasteiger partial charge in [-0.2, -0.15) is 0 Å². The second-order valence-corrected chi connectivity index (χ2v) is 19.7. The van der Waals surface area contributed by atoms with Gasteiger partial charge in [0.15, 0.2) is 0 Å². The largest absolute Gasteiger partial charge is 0.481 e. The molecule has 1 saturated heterocycles. The molecule has 1 aliphatic heterocycles. The summed E-state index contributed by atoms with van der Waals surface area (Å²) in [4.78, 5) is 79.7. The summed E-state index contributed by atoms with van der Waals surface area (Å²) >= 11 is 0. The number of rotatable bonds is 26. The van der Waals surface area contributed by atoms with Crippen LogP contribution in [0.5, 0.6) is 0 Å². The summed E-state index contributed by atoms with van der Waals surface area (Å²) in [5, 5.41) is 16.8. The predicted molar refractivity (Wildman–Crippen MR) is 260 cm³/mol. The molecule has 2 aromatic carbocycles. The number of carbonyl (C=O) groups excluding carboxylic acids is 6. The number of aryl methyl sites for hydroxylation is 1. The van der Waals surface area contributed by atoms with Crippen LogP contribution in [0.25, 0.3) is 11.1 Å². The summed E-state index contributed by atoms with van der Waals surface area (Å²) in [6.07, 6.45) is 8.05. The van der Waals surface area contributed by atoms with E-state index in [1.54, 1.807) is 12.1 Å². The summed E-state index contributed by atoms with van der Waals surface area (Å²) < 4.78 is 13.0. The lowest BCUT2D eigenvalue weighted by Gasteiger charge is -2.64. The van der Waals surface area contributed by atoms with E-state index < -0.39 is 72.4 Å². The van der Waals surface area contributed by atoms with Gasteiger partial charge in [-0.3, -0.25) is 28.8 Å². The first-order valence-electron chi connectivity index (χ1n) is 24.6. The fourth-order valence-electron chi connectivity index (χ4n) is 10.0. The Kier molecular flexibility index (Phi) is 19.4. The van der Waals surface area contributed by atoms with Crippen LogP contribution in [0.15, 0.2) is 48.5 Å². The molecule has 1 heterocycles. The lowest BCUT2D eigenvalue weighted by atomic mass is 9.43. The van der Waals surface area contributed by atoms with Crippen molar-refractivity contribution in [3.8, 4) is 11.1 Å². The predicted octanol–water partition coefficient (Wildman–Crippen LogP) is 3.83. The van der Waals surface area contributed by atoms with Crippen molar-refractivity contribution >= 4 is 42.6 Å². The summed E-state index contributed by atoms with van der Waals surface area (Å²) in [5.41, 5.74) is 15.1. The molecule has 368 valence electrons. The van der Waals surface area contributed by atoms with Gasteiger partial charge in [0.25, 0.3) is 5.91 Å². The van der Waals surface area contributed by atoms with Crippen molar-refractivity contribution in [3.63, 3.8) is 0 Å². The summed E-state index contributed by atoms with van der Waals surface area (Å²) in [6.45, 7) is 14.3. The van der Waals surface area contributed by atoms with E-state index in [4.69, 9.17) is 20.8 Å². The van der Waals surface area contributed by atoms with Crippen molar-refractivity contribution in [2.24, 2.45) is 28.7 Å². The third kappa shape index (κ3) is 13.9. The number of nitrogens with two attached hydrogens (primary N) is 2. The van der Waals surface area contributed by atoms with Crippen molar-refractivity contribution in [1.29, 1.82) is 0 Å². The highest BCUT2D eigenvalue weighted by atomic mass is 16.7. The third-order valence-corrected chi connectivity index (χ3v) is 14.3. The fourth-order valence-corrected chi connectivity index (χ4v) is 10.0. The van der Waals surface area contributed by atoms with Gasteiger partial charge in [0.2, 0.25) is 29.5 Å². The van der Waals surface area contributed by atoms with Gasteiger partial charge in [-0.15, -0.1) is 0 Å². The van der Waals surface area contributed by atoms with Crippen LogP contribution in [0.1, 0.15) is 135 Å². The summed E-state index contributed by atoms with van der Waals surface area (Å²) in [7, 11) is -0.646. The average Bonchev–Trinajstić information content (AvgIpc) is 3.67. The average molecular weight is 929 g/mol. The number of amides is 6. The normalized spacial score (nSPS) is 22.4. The van der Waals surface area contributed by atoms with E-state index in [9.17, 15) is 28.8 Å². The minimum Gasteiger partial charge on any atom is -0.404 e. The molecule has 4 aliphatic rings. The summed E-state index contributed by atoms with van der Waals surface area (Å²) in [6, 6.07) is 11.8. The highest BCUT2D eigenvalue weighted by Crippen LogP contribution is 2.65. The molecule has 4 fully saturated rings. The highest BCUT2D eigenvalue weighted by molar-refractivity contribution is 6.47. The van der Waals surface area contributed by atoms with Crippen molar-refractivity contribution in [3.05, 3.63) is 59.7 Å². The molecule has 6 amide bonds. The molecule has 0 radical (unpaired) electrons. The lowest BCUT2D eigenvalue weighted by molar-refractivity contribution is -0.199. The first-order chi connectivity index (χ1) is 31.9. The monoisotopic (exact) mass is 929 g/mol. The van der Waals surface area contributed by atoms with Crippen LogP contribution in [-0.2, 0) is 39.7 Å². The third-order valence-electron chi connectivity index (χ3n) is 14.3. The van der Waals surface area contributed by atoms with E-state index >= 15 is 0 Å². The molecule has 1 unspecified atom stereocenters. The maximum atomic E-state index is 13.9. The van der Waals surface area contributed by atoms with Gasteiger partial charge in [-0.05, 0) is 151 Å². The fraction of sp³-hybridized carbons (Fsp3) is 0.640. The zero-order valence-electron chi connectivity index (χ0n) is 40.8. The van der Waals surface area contributed by atoms with Crippen LogP contribution in [0, 0.1) is 17.3 Å². The molecule has 2 aromatic rings. The minimum atomic E-state index is -1.10. The molecule has 3 aliphatic carbocycles. The number of hydrogen-bond acceptors (Lipinski definition) is 10. The Balaban J connectivity index is 1.15. The molecule has 6 rings (SSSR count). The first-order valence-corrected chi connectivity index (χ1v) is 24.6. The standard InChI is InChI=1S/C50H77BN8O8/c1-8-9-14-34-17-19-35(20-18-34)36-21-23-37(24-22-36)45(62)54-28-13-11-16-39(59-48(65)41(25-27-53)57-33(4)60)46(63)55-31(2)44(61)58-40(15-10-12-26-52)47(64)56-32(3)51-66-43-30-38-29-42(49(38,5)6)50(43,7)67-51/h17-24,31-32,38-43H,8-16,25-30,52-53H2,1-7H3,(H,54,62)(H,55,63)(H,56,64)(H,57,60)(H,58,61)(H,59,65)/t31-,32-,38-,39-,40-,41-,42-,43?,50-/m0/s1. The number of unbranched alkanes of at least 4 members (excludes halogenated alkanes) is 3. The van der Waals surface area contributed by atoms with E-state index in [-0.39, 0.29) is 36.8 Å². The molecule has 67 heavy (non-hydrogen) atoms. The number of hydrogen-bond donors (Lipinski definition) is 8. The van der Waals surface area contributed by atoms with Gasteiger partial charge in [0, 0.05) is 19.0 Å². The van der Waals surface area contributed by atoms with Crippen LogP contribution in [0.3, 0.4) is 0 Å². The molecule has 3 saturated carbocycles. The van der Waals surface area contributed by atoms with E-state index in [0.717, 1.165) is 43.2 Å². The Labute approximate surface area is 397 Å². The zero-order chi connectivity index (χ0) is 48.9. The Morgan fingerprint density at radius 3 is 1.88 bits per heavy atom. The number of carbonyl (C=O) groups is 6. The zero-order valence-corrected chi connectivity index (χ0v) is 40.8. The van der Waals surface area contributed by atoms with Crippen molar-refractivity contribution in [2.75, 3.05) is 19.6 Å². The molecular formula is C50H77BN8O8. The molecule has 0 spiro atoms. The molecule has 16 nitrogen and oxygen atoms in total. The van der Waals surface area contributed by atoms with Gasteiger partial charge in [-0.25, -0.2) is 0 Å². The van der Waals surface area contributed by atoms with Crippen LogP contribution in [0.4, 0.5) is 0 Å². The Morgan fingerprint density at radius 2 is 1.28 bits per heavy atom.